The van der Waals surface area contributed by atoms with Crippen molar-refractivity contribution in [1.29, 1.82) is 0 Å². The van der Waals surface area contributed by atoms with Gasteiger partial charge in [0.15, 0.2) is 0 Å². The first-order valence-corrected chi connectivity index (χ1v) is 2.66. The first kappa shape index (κ1) is 8.83. The Morgan fingerprint density at radius 1 is 1.25 bits per heavy atom. The Hall–Kier alpha value is 0.739. The molecule has 0 spiro atoms. The van der Waals surface area contributed by atoms with Crippen molar-refractivity contribution >= 4 is 35.9 Å². The minimum atomic E-state index is 0.0556. The summed E-state index contributed by atoms with van der Waals surface area (Å²) in [5.74, 6) is 0. The minimum absolute atomic E-state index is 0.0556. The predicted molar refractivity (Wildman–Crippen MR) is 15.7 cm³/mol. The van der Waals surface area contributed by atoms with Crippen molar-refractivity contribution in [2.75, 3.05) is 0 Å². The quantitative estimate of drug-likeness (QED) is 0.500. The summed E-state index contributed by atoms with van der Waals surface area (Å²) in [5, 5.41) is 0. The number of hydrogen-bond donors (Lipinski definition) is 0. The molecule has 0 aromatic carbocycles. The maximum atomic E-state index is 8.39. The van der Waals surface area contributed by atoms with Gasteiger partial charge in [0, 0.05) is 0 Å². The first-order chi connectivity index (χ1) is 2.00. The second-order valence-electron chi connectivity index (χ2n) is 0. The summed E-state index contributed by atoms with van der Waals surface area (Å²) >= 11 is 0.0556. The standard InChI is InChI=1S/H2OSi.O.Pb/c1-2;;/h2H2;;. The molecule has 0 aliphatic rings. The number of hydrogen-bond acceptors (Lipinski definition) is 2. The summed E-state index contributed by atoms with van der Waals surface area (Å²) in [4.78, 5) is 0. The van der Waals surface area contributed by atoms with Gasteiger partial charge in [0.2, 0.25) is 10.1 Å². The fraction of sp³-hybridized carbons (Fsp3) is 0. The van der Waals surface area contributed by atoms with Crippen molar-refractivity contribution in [2.24, 2.45) is 0 Å². The van der Waals surface area contributed by atoms with Crippen LogP contribution in [0.25, 0.3) is 0 Å². The van der Waals surface area contributed by atoms with Crippen LogP contribution in [0, 0.1) is 0 Å². The van der Waals surface area contributed by atoms with E-state index in [1.807, 2.05) is 0 Å². The molecule has 0 aromatic rings. The Balaban J connectivity index is 0. The second kappa shape index (κ2) is 51.4. The van der Waals surface area contributed by atoms with E-state index in [4.69, 9.17) is 7.15 Å². The summed E-state index contributed by atoms with van der Waals surface area (Å²) in [6.07, 6.45) is 0. The topological polar surface area (TPSA) is 34.1 Å². The molecule has 0 aromatic heterocycles. The van der Waals surface area contributed by atoms with Crippen LogP contribution in [0.15, 0.2) is 0 Å². The molecule has 0 aliphatic carbocycles. The van der Waals surface area contributed by atoms with Crippen LogP contribution < -0.4 is 0 Å². The summed E-state index contributed by atoms with van der Waals surface area (Å²) < 4.78 is 16.7. The normalized spacial score (nSPS) is 2.00. The van der Waals surface area contributed by atoms with Gasteiger partial charge in [0.05, 0.1) is 0 Å². The van der Waals surface area contributed by atoms with Gasteiger partial charge in [-0.3, -0.25) is 0 Å². The first-order valence-electron chi connectivity index (χ1n) is 0.493. The molecule has 0 bridgehead atoms. The van der Waals surface area contributed by atoms with Crippen LogP contribution in [-0.2, 0) is 7.15 Å². The Labute approximate surface area is 43.2 Å². The zero-order valence-electron chi connectivity index (χ0n) is 2.02. The Morgan fingerprint density at radius 2 is 1.25 bits per heavy atom. The third-order valence-corrected chi connectivity index (χ3v) is 0. The summed E-state index contributed by atoms with van der Waals surface area (Å²) in [5.41, 5.74) is 0. The van der Waals surface area contributed by atoms with Gasteiger partial charge in [-0.1, -0.05) is 0 Å². The number of rotatable bonds is 0. The molecule has 22 valence electrons. The molecule has 2 nitrogen and oxygen atoms in total. The molecule has 0 unspecified atom stereocenters. The monoisotopic (exact) mass is 270 g/mol. The van der Waals surface area contributed by atoms with Crippen LogP contribution in [0.1, 0.15) is 0 Å². The fourth-order valence-corrected chi connectivity index (χ4v) is 0. The van der Waals surface area contributed by atoms with Crippen LogP contribution in [0.4, 0.5) is 0 Å². The van der Waals surface area contributed by atoms with E-state index in [1.165, 1.54) is 0 Å². The molecule has 4 heavy (non-hydrogen) atoms. The molecule has 0 heterocycles. The van der Waals surface area contributed by atoms with Gasteiger partial charge in [0.25, 0.3) is 0 Å². The van der Waals surface area contributed by atoms with Gasteiger partial charge in [0.1, 0.15) is 0 Å². The maximum absolute atomic E-state index is 8.39. The van der Waals surface area contributed by atoms with E-state index in [2.05, 4.69) is 0 Å². The van der Waals surface area contributed by atoms with Gasteiger partial charge < -0.3 is 4.46 Å². The summed E-state index contributed by atoms with van der Waals surface area (Å²) in [6.45, 7) is 0. The molecule has 2 radical (unpaired) electrons. The van der Waals surface area contributed by atoms with Crippen LogP contribution in [-0.4, -0.2) is 35.9 Å². The van der Waals surface area contributed by atoms with E-state index in [9.17, 15) is 0 Å². The molecule has 0 N–H and O–H groups in total. The van der Waals surface area contributed by atoms with Gasteiger partial charge in [-0.25, -0.2) is 0 Å². The molecule has 0 fully saturated rings. The SMILES string of the molecule is O=[SiH2].[O]=[Pb]. The molecule has 4 heteroatoms. The van der Waals surface area contributed by atoms with E-state index in [0.29, 0.717) is 10.1 Å². The van der Waals surface area contributed by atoms with Crippen LogP contribution in [0.3, 0.4) is 0 Å². The molecule has 0 amide bonds. The van der Waals surface area contributed by atoms with Gasteiger partial charge in [-0.15, -0.1) is 0 Å². The van der Waals surface area contributed by atoms with Gasteiger partial charge >= 0.3 is 28.5 Å². The van der Waals surface area contributed by atoms with Crippen LogP contribution in [0.5, 0.6) is 0 Å². The molecule has 0 rings (SSSR count). The average Bonchev–Trinajstić information content (AvgIpc) is 1.50. The molecular formula is H2O2PbSi. The average molecular weight is 269 g/mol. The molecule has 0 saturated carbocycles. The van der Waals surface area contributed by atoms with Crippen molar-refractivity contribution in [1.82, 2.24) is 0 Å². The van der Waals surface area contributed by atoms with E-state index in [1.54, 1.807) is 0 Å². The van der Waals surface area contributed by atoms with E-state index < -0.39 is 0 Å². The van der Waals surface area contributed by atoms with Crippen molar-refractivity contribution in [3.63, 3.8) is 0 Å². The van der Waals surface area contributed by atoms with Crippen LogP contribution >= 0.6 is 0 Å². The van der Waals surface area contributed by atoms with Crippen LogP contribution in [0.2, 0.25) is 0 Å². The molecule has 0 atom stereocenters. The zero-order chi connectivity index (χ0) is 4.00. The molecular weight excluding hydrogens is 267 g/mol. The summed E-state index contributed by atoms with van der Waals surface area (Å²) in [7, 11) is 0.611. The Kier molecular flexibility index (Phi) is 113. The van der Waals surface area contributed by atoms with E-state index in [0.717, 1.165) is 0 Å². The third kappa shape index (κ3) is 15.2. The Morgan fingerprint density at radius 3 is 1.25 bits per heavy atom. The van der Waals surface area contributed by atoms with E-state index in [-0.39, 0.29) is 25.8 Å². The zero-order valence-corrected chi connectivity index (χ0v) is 7.33. The van der Waals surface area contributed by atoms with Gasteiger partial charge in [-0.2, -0.15) is 0 Å². The van der Waals surface area contributed by atoms with E-state index >= 15 is 0 Å². The predicted octanol–water partition coefficient (Wildman–Crippen LogP) is -1.53. The molecule has 0 aliphatic heterocycles. The van der Waals surface area contributed by atoms with Crippen molar-refractivity contribution in [3.05, 3.63) is 0 Å². The van der Waals surface area contributed by atoms with Crippen molar-refractivity contribution in [3.8, 4) is 0 Å². The van der Waals surface area contributed by atoms with Crippen molar-refractivity contribution < 1.29 is 7.15 Å². The van der Waals surface area contributed by atoms with Gasteiger partial charge in [-0.05, 0) is 0 Å². The fourth-order valence-electron chi connectivity index (χ4n) is 0. The van der Waals surface area contributed by atoms with Crippen molar-refractivity contribution in [2.45, 2.75) is 0 Å². The Bertz CT molecular complexity index is 8.00. The second-order valence-corrected chi connectivity index (χ2v) is 0. The molecule has 0 saturated heterocycles. The summed E-state index contributed by atoms with van der Waals surface area (Å²) in [6, 6.07) is 0. The third-order valence-electron chi connectivity index (χ3n) is 0.